The number of carbonyl (C=O) groups excluding carboxylic acids is 1. The van der Waals surface area contributed by atoms with Crippen molar-refractivity contribution in [2.45, 2.75) is 11.5 Å². The van der Waals surface area contributed by atoms with Gasteiger partial charge in [-0.25, -0.2) is 4.79 Å². The van der Waals surface area contributed by atoms with Gasteiger partial charge in [0, 0.05) is 11.0 Å². The first-order valence-corrected chi connectivity index (χ1v) is 9.20. The van der Waals surface area contributed by atoms with Crippen molar-refractivity contribution in [1.29, 1.82) is 0 Å². The number of hydrogen-bond donors (Lipinski definition) is 0. The summed E-state index contributed by atoms with van der Waals surface area (Å²) in [6.07, 6.45) is 5.10. The van der Waals surface area contributed by atoms with E-state index in [1.807, 2.05) is 48.0 Å². The topological polar surface area (TPSA) is 65.2 Å². The standard InChI is InChI=1S/C17H14N2O3S2/c1-23-13-7-4-12(5-8-13)6-9-16(20)21-11-15-18-17(19-22-15)14-3-2-10-24-14/h2-10H,11H2,1H3/b9-6+. The van der Waals surface area contributed by atoms with E-state index in [0.717, 1.165) is 10.4 Å². The van der Waals surface area contributed by atoms with Crippen LogP contribution < -0.4 is 0 Å². The zero-order valence-corrected chi connectivity index (χ0v) is 14.5. The first-order chi connectivity index (χ1) is 11.7. The van der Waals surface area contributed by atoms with Gasteiger partial charge in [-0.05, 0) is 41.5 Å². The molecule has 0 amide bonds. The minimum Gasteiger partial charge on any atom is -0.452 e. The minimum absolute atomic E-state index is 0.0486. The highest BCUT2D eigenvalue weighted by molar-refractivity contribution is 7.98. The third-order valence-electron chi connectivity index (χ3n) is 3.08. The van der Waals surface area contributed by atoms with E-state index in [0.29, 0.717) is 5.82 Å². The molecule has 2 heterocycles. The Kier molecular flexibility index (Phi) is 5.45. The third kappa shape index (κ3) is 4.33. The van der Waals surface area contributed by atoms with E-state index in [2.05, 4.69) is 10.1 Å². The lowest BCUT2D eigenvalue weighted by Gasteiger charge is -1.98. The Balaban J connectivity index is 1.52. The molecule has 0 fully saturated rings. The number of nitrogens with zero attached hydrogens (tertiary/aromatic N) is 2. The van der Waals surface area contributed by atoms with Crippen molar-refractivity contribution in [3.8, 4) is 10.7 Å². The predicted molar refractivity (Wildman–Crippen MR) is 94.7 cm³/mol. The molecule has 0 saturated heterocycles. The van der Waals surface area contributed by atoms with Gasteiger partial charge < -0.3 is 9.26 Å². The highest BCUT2D eigenvalue weighted by Gasteiger charge is 2.10. The lowest BCUT2D eigenvalue weighted by atomic mass is 10.2. The van der Waals surface area contributed by atoms with Crippen LogP contribution in [-0.2, 0) is 16.1 Å². The molecule has 7 heteroatoms. The number of carbonyl (C=O) groups is 1. The lowest BCUT2D eigenvalue weighted by molar-refractivity contribution is -0.139. The fraction of sp³-hybridized carbons (Fsp3) is 0.118. The molecule has 122 valence electrons. The SMILES string of the molecule is CSc1ccc(/C=C/C(=O)OCc2nc(-c3cccs3)no2)cc1. The van der Waals surface area contributed by atoms with E-state index >= 15 is 0 Å². The number of rotatable bonds is 6. The van der Waals surface area contributed by atoms with Crippen LogP contribution in [0.2, 0.25) is 0 Å². The molecule has 0 saturated carbocycles. The summed E-state index contributed by atoms with van der Waals surface area (Å²) >= 11 is 3.19. The van der Waals surface area contributed by atoms with Crippen molar-refractivity contribution >= 4 is 35.1 Å². The van der Waals surface area contributed by atoms with E-state index in [4.69, 9.17) is 9.26 Å². The van der Waals surface area contributed by atoms with Crippen LogP contribution in [0.15, 0.2) is 57.3 Å². The van der Waals surface area contributed by atoms with Gasteiger partial charge >= 0.3 is 5.97 Å². The fourth-order valence-corrected chi connectivity index (χ4v) is 2.94. The normalized spacial score (nSPS) is 11.0. The van der Waals surface area contributed by atoms with Crippen molar-refractivity contribution in [3.63, 3.8) is 0 Å². The molecule has 0 aliphatic rings. The van der Waals surface area contributed by atoms with Crippen molar-refractivity contribution in [1.82, 2.24) is 10.1 Å². The van der Waals surface area contributed by atoms with Crippen molar-refractivity contribution < 1.29 is 14.1 Å². The Bertz CT molecular complexity index is 824. The number of benzene rings is 1. The van der Waals surface area contributed by atoms with Crippen LogP contribution in [0.25, 0.3) is 16.8 Å². The summed E-state index contributed by atoms with van der Waals surface area (Å²) < 4.78 is 10.2. The third-order valence-corrected chi connectivity index (χ3v) is 4.68. The van der Waals surface area contributed by atoms with Crippen LogP contribution in [0.1, 0.15) is 11.5 Å². The molecule has 3 rings (SSSR count). The van der Waals surface area contributed by atoms with Gasteiger partial charge in [-0.15, -0.1) is 23.1 Å². The Morgan fingerprint density at radius 2 is 2.17 bits per heavy atom. The summed E-state index contributed by atoms with van der Waals surface area (Å²) in [5.74, 6) is 0.310. The lowest BCUT2D eigenvalue weighted by Crippen LogP contribution is -2.00. The second-order valence-electron chi connectivity index (χ2n) is 4.70. The second-order valence-corrected chi connectivity index (χ2v) is 6.53. The van der Waals surface area contributed by atoms with Gasteiger partial charge in [0.05, 0.1) is 4.88 Å². The fourth-order valence-electron chi connectivity index (χ4n) is 1.88. The largest absolute Gasteiger partial charge is 0.452 e. The summed E-state index contributed by atoms with van der Waals surface area (Å²) in [6, 6.07) is 11.7. The molecular formula is C17H14N2O3S2. The molecule has 0 aliphatic carbocycles. The van der Waals surface area contributed by atoms with E-state index in [-0.39, 0.29) is 12.5 Å². The first-order valence-electron chi connectivity index (χ1n) is 7.10. The molecule has 0 N–H and O–H groups in total. The Morgan fingerprint density at radius 3 is 2.88 bits per heavy atom. The molecule has 3 aromatic rings. The summed E-state index contributed by atoms with van der Waals surface area (Å²) in [6.45, 7) is -0.0486. The van der Waals surface area contributed by atoms with Gasteiger partial charge in [0.15, 0.2) is 6.61 Å². The van der Waals surface area contributed by atoms with Crippen molar-refractivity contribution in [2.24, 2.45) is 0 Å². The molecule has 0 radical (unpaired) electrons. The van der Waals surface area contributed by atoms with E-state index < -0.39 is 5.97 Å². The van der Waals surface area contributed by atoms with Gasteiger partial charge in [-0.3, -0.25) is 0 Å². The highest BCUT2D eigenvalue weighted by Crippen LogP contribution is 2.21. The van der Waals surface area contributed by atoms with Gasteiger partial charge in [0.2, 0.25) is 5.82 Å². The number of thiophene rings is 1. The van der Waals surface area contributed by atoms with Gasteiger partial charge in [-0.2, -0.15) is 4.98 Å². The number of ether oxygens (including phenoxy) is 1. The van der Waals surface area contributed by atoms with Gasteiger partial charge in [-0.1, -0.05) is 23.4 Å². The molecule has 0 atom stereocenters. The Hall–Kier alpha value is -2.38. The summed E-state index contributed by atoms with van der Waals surface area (Å²) in [7, 11) is 0. The van der Waals surface area contributed by atoms with Crippen molar-refractivity contribution in [2.75, 3.05) is 6.26 Å². The molecule has 0 spiro atoms. The second kappa shape index (κ2) is 7.94. The summed E-state index contributed by atoms with van der Waals surface area (Å²) in [5.41, 5.74) is 0.933. The zero-order valence-electron chi connectivity index (χ0n) is 12.8. The predicted octanol–water partition coefficient (Wildman–Crippen LogP) is 4.28. The highest BCUT2D eigenvalue weighted by atomic mass is 32.2. The van der Waals surface area contributed by atoms with Crippen LogP contribution in [0.4, 0.5) is 0 Å². The van der Waals surface area contributed by atoms with E-state index in [9.17, 15) is 4.79 Å². The maximum atomic E-state index is 11.7. The zero-order chi connectivity index (χ0) is 16.8. The number of hydrogen-bond acceptors (Lipinski definition) is 7. The van der Waals surface area contributed by atoms with Crippen LogP contribution in [-0.4, -0.2) is 22.4 Å². The number of esters is 1. The smallest absolute Gasteiger partial charge is 0.331 e. The maximum Gasteiger partial charge on any atom is 0.331 e. The van der Waals surface area contributed by atoms with Gasteiger partial charge in [0.25, 0.3) is 5.89 Å². The van der Waals surface area contributed by atoms with Gasteiger partial charge in [0.1, 0.15) is 0 Å². The molecule has 0 bridgehead atoms. The maximum absolute atomic E-state index is 11.7. The molecule has 0 aliphatic heterocycles. The number of aromatic nitrogens is 2. The molecular weight excluding hydrogens is 344 g/mol. The quantitative estimate of drug-likeness (QED) is 0.372. The van der Waals surface area contributed by atoms with E-state index in [1.165, 1.54) is 22.3 Å². The molecule has 0 unspecified atom stereocenters. The van der Waals surface area contributed by atoms with Crippen LogP contribution in [0.5, 0.6) is 0 Å². The minimum atomic E-state index is -0.459. The molecule has 24 heavy (non-hydrogen) atoms. The molecule has 2 aromatic heterocycles. The van der Waals surface area contributed by atoms with Crippen molar-refractivity contribution in [3.05, 3.63) is 59.3 Å². The number of thioether (sulfide) groups is 1. The summed E-state index contributed by atoms with van der Waals surface area (Å²) in [4.78, 5) is 18.0. The monoisotopic (exact) mass is 358 g/mol. The molecule has 5 nitrogen and oxygen atoms in total. The average Bonchev–Trinajstić information content (AvgIpc) is 3.29. The van der Waals surface area contributed by atoms with Crippen LogP contribution >= 0.6 is 23.1 Å². The Morgan fingerprint density at radius 1 is 1.33 bits per heavy atom. The van der Waals surface area contributed by atoms with E-state index in [1.54, 1.807) is 17.8 Å². The average molecular weight is 358 g/mol. The van der Waals surface area contributed by atoms with Crippen LogP contribution in [0.3, 0.4) is 0 Å². The van der Waals surface area contributed by atoms with Crippen LogP contribution in [0, 0.1) is 0 Å². The Labute approximate surface area is 147 Å². The summed E-state index contributed by atoms with van der Waals surface area (Å²) in [5, 5.41) is 5.79. The molecule has 1 aromatic carbocycles. The first kappa shape index (κ1) is 16.5.